The number of amides is 3. The Hall–Kier alpha value is -2.58. The number of rotatable bonds is 5. The van der Waals surface area contributed by atoms with E-state index in [2.05, 4.69) is 0 Å². The minimum absolute atomic E-state index is 0.0270. The minimum Gasteiger partial charge on any atom is -0.455 e. The van der Waals surface area contributed by atoms with Gasteiger partial charge in [0.1, 0.15) is 6.54 Å². The number of urea groups is 1. The number of halogens is 3. The lowest BCUT2D eigenvalue weighted by Gasteiger charge is -2.16. The monoisotopic (exact) mass is 372 g/mol. The Balaban J connectivity index is 1.73. The summed E-state index contributed by atoms with van der Waals surface area (Å²) in [5.41, 5.74) is 3.25. The maximum atomic E-state index is 11.9. The Morgan fingerprint density at radius 2 is 1.77 bits per heavy atom. The predicted octanol–water partition coefficient (Wildman–Crippen LogP) is 2.04. The summed E-state index contributed by atoms with van der Waals surface area (Å²) in [6.45, 7) is -2.31. The number of hydrogen-bond acceptors (Lipinski definition) is 4. The number of esters is 1. The van der Waals surface area contributed by atoms with Gasteiger partial charge in [-0.15, -0.1) is 0 Å². The van der Waals surface area contributed by atoms with Gasteiger partial charge in [-0.25, -0.2) is 4.79 Å². The molecular weight excluding hydrogens is 353 g/mol. The number of aryl methyl sites for hydroxylation is 2. The van der Waals surface area contributed by atoms with E-state index in [1.807, 2.05) is 18.2 Å². The highest BCUT2D eigenvalue weighted by Gasteiger charge is 2.28. The van der Waals surface area contributed by atoms with Crippen molar-refractivity contribution in [2.45, 2.75) is 38.3 Å². The van der Waals surface area contributed by atoms with Gasteiger partial charge in [0, 0.05) is 0 Å². The van der Waals surface area contributed by atoms with Crippen LogP contribution in [0.2, 0.25) is 0 Å². The lowest BCUT2D eigenvalue weighted by Crippen LogP contribution is -2.44. The summed E-state index contributed by atoms with van der Waals surface area (Å²) in [5.74, 6) is -1.67. The van der Waals surface area contributed by atoms with Crippen molar-refractivity contribution in [3.05, 3.63) is 34.9 Å². The lowest BCUT2D eigenvalue weighted by atomic mass is 9.90. The molecule has 0 radical (unpaired) electrons. The fourth-order valence-electron chi connectivity index (χ4n) is 2.65. The third-order valence-electron chi connectivity index (χ3n) is 3.83. The molecule has 0 aromatic heterocycles. The first-order valence-corrected chi connectivity index (χ1v) is 8.14. The summed E-state index contributed by atoms with van der Waals surface area (Å²) < 4.78 is 40.5. The number of fused-ring (bicyclic) bond motifs is 1. The maximum Gasteiger partial charge on any atom is 0.405 e. The molecule has 0 atom stereocenters. The topological polar surface area (TPSA) is 84.5 Å². The average Bonchev–Trinajstić information content (AvgIpc) is 2.57. The zero-order chi connectivity index (χ0) is 19.2. The van der Waals surface area contributed by atoms with Gasteiger partial charge in [0.15, 0.2) is 6.61 Å². The van der Waals surface area contributed by atoms with Gasteiger partial charge in [0.05, 0.1) is 6.42 Å². The van der Waals surface area contributed by atoms with E-state index in [1.165, 1.54) is 16.4 Å². The Kier molecular flexibility index (Phi) is 6.59. The van der Waals surface area contributed by atoms with E-state index in [1.54, 1.807) is 5.32 Å². The standard InChI is InChI=1S/C17H19F3N2O4/c18-17(19,20)10-21-16(25)22-14(23)9-26-15(24)8-11-5-6-12-3-1-2-4-13(12)7-11/h5-7H,1-4,8-10H2,(H2,21,22,23,25). The molecule has 1 aromatic carbocycles. The van der Waals surface area contributed by atoms with Crippen LogP contribution >= 0.6 is 0 Å². The largest absolute Gasteiger partial charge is 0.455 e. The Bertz CT molecular complexity index is 689. The first-order valence-electron chi connectivity index (χ1n) is 8.14. The Labute approximate surface area is 148 Å². The molecule has 1 aromatic rings. The van der Waals surface area contributed by atoms with Crippen LogP contribution < -0.4 is 10.6 Å². The average molecular weight is 372 g/mol. The Morgan fingerprint density at radius 1 is 1.08 bits per heavy atom. The minimum atomic E-state index is -4.58. The molecule has 0 spiro atoms. The van der Waals surface area contributed by atoms with Crippen LogP contribution in [0.5, 0.6) is 0 Å². The molecule has 3 amide bonds. The van der Waals surface area contributed by atoms with Crippen molar-refractivity contribution in [1.82, 2.24) is 10.6 Å². The second-order valence-electron chi connectivity index (χ2n) is 5.99. The highest BCUT2D eigenvalue weighted by Crippen LogP contribution is 2.22. The summed E-state index contributed by atoms with van der Waals surface area (Å²) in [4.78, 5) is 34.3. The zero-order valence-electron chi connectivity index (χ0n) is 13.9. The van der Waals surface area contributed by atoms with Crippen LogP contribution in [0.15, 0.2) is 18.2 Å². The SMILES string of the molecule is O=C(COC(=O)Cc1ccc2c(c1)CCCC2)NC(=O)NCC(F)(F)F. The van der Waals surface area contributed by atoms with Crippen LogP contribution in [0.1, 0.15) is 29.5 Å². The van der Waals surface area contributed by atoms with Gasteiger partial charge in [0.2, 0.25) is 0 Å². The summed E-state index contributed by atoms with van der Waals surface area (Å²) in [7, 11) is 0. The first-order chi connectivity index (χ1) is 12.2. The maximum absolute atomic E-state index is 11.9. The molecule has 2 N–H and O–H groups in total. The lowest BCUT2D eigenvalue weighted by molar-refractivity contribution is -0.147. The number of carbonyl (C=O) groups is 3. The number of carbonyl (C=O) groups excluding carboxylic acids is 3. The van der Waals surface area contributed by atoms with Crippen LogP contribution in [0.25, 0.3) is 0 Å². The highest BCUT2D eigenvalue weighted by atomic mass is 19.4. The quantitative estimate of drug-likeness (QED) is 0.775. The van der Waals surface area contributed by atoms with Crippen molar-refractivity contribution in [2.75, 3.05) is 13.2 Å². The molecule has 0 bridgehead atoms. The fraction of sp³-hybridized carbons (Fsp3) is 0.471. The fourth-order valence-corrected chi connectivity index (χ4v) is 2.65. The number of alkyl halides is 3. The van der Waals surface area contributed by atoms with E-state index in [4.69, 9.17) is 4.74 Å². The first kappa shape index (κ1) is 19.7. The summed E-state index contributed by atoms with van der Waals surface area (Å²) >= 11 is 0. The van der Waals surface area contributed by atoms with Gasteiger partial charge in [-0.05, 0) is 42.4 Å². The second-order valence-corrected chi connectivity index (χ2v) is 5.99. The normalized spacial score (nSPS) is 13.5. The molecule has 0 saturated heterocycles. The third kappa shape index (κ3) is 6.73. The van der Waals surface area contributed by atoms with E-state index in [-0.39, 0.29) is 6.42 Å². The van der Waals surface area contributed by atoms with Gasteiger partial charge >= 0.3 is 18.2 Å². The van der Waals surface area contributed by atoms with E-state index in [0.717, 1.165) is 31.2 Å². The molecule has 0 fully saturated rings. The Morgan fingerprint density at radius 3 is 2.46 bits per heavy atom. The summed E-state index contributed by atoms with van der Waals surface area (Å²) in [5, 5.41) is 3.12. The molecule has 0 aliphatic heterocycles. The van der Waals surface area contributed by atoms with Gasteiger partial charge in [-0.2, -0.15) is 13.2 Å². The van der Waals surface area contributed by atoms with E-state index < -0.39 is 37.2 Å². The van der Waals surface area contributed by atoms with Crippen LogP contribution in [0.4, 0.5) is 18.0 Å². The predicted molar refractivity (Wildman–Crippen MR) is 85.3 cm³/mol. The molecule has 2 rings (SSSR count). The van der Waals surface area contributed by atoms with Gasteiger partial charge in [0.25, 0.3) is 5.91 Å². The molecule has 1 aliphatic carbocycles. The molecule has 0 unspecified atom stereocenters. The molecule has 0 saturated carbocycles. The molecule has 26 heavy (non-hydrogen) atoms. The highest BCUT2D eigenvalue weighted by molar-refractivity contribution is 5.95. The van der Waals surface area contributed by atoms with Crippen molar-refractivity contribution < 1.29 is 32.3 Å². The molecule has 142 valence electrons. The van der Waals surface area contributed by atoms with Crippen molar-refractivity contribution in [2.24, 2.45) is 0 Å². The van der Waals surface area contributed by atoms with Crippen LogP contribution in [-0.4, -0.2) is 37.2 Å². The summed E-state index contributed by atoms with van der Waals surface area (Å²) in [6.07, 6.45) is -0.357. The third-order valence-corrected chi connectivity index (χ3v) is 3.83. The number of ether oxygens (including phenoxy) is 1. The van der Waals surface area contributed by atoms with Crippen molar-refractivity contribution in [3.8, 4) is 0 Å². The van der Waals surface area contributed by atoms with Crippen LogP contribution in [0.3, 0.4) is 0 Å². The van der Waals surface area contributed by atoms with Gasteiger partial charge in [-0.3, -0.25) is 14.9 Å². The zero-order valence-corrected chi connectivity index (χ0v) is 13.9. The van der Waals surface area contributed by atoms with E-state index in [0.29, 0.717) is 0 Å². The van der Waals surface area contributed by atoms with Crippen molar-refractivity contribution in [1.29, 1.82) is 0 Å². The second kappa shape index (κ2) is 8.68. The number of imide groups is 1. The van der Waals surface area contributed by atoms with Crippen LogP contribution in [0, 0.1) is 0 Å². The van der Waals surface area contributed by atoms with Gasteiger partial charge < -0.3 is 10.1 Å². The van der Waals surface area contributed by atoms with E-state index >= 15 is 0 Å². The molecular formula is C17H19F3N2O4. The molecule has 0 heterocycles. The molecule has 9 heteroatoms. The smallest absolute Gasteiger partial charge is 0.405 e. The summed E-state index contributed by atoms with van der Waals surface area (Å²) in [6, 6.07) is 4.45. The van der Waals surface area contributed by atoms with Gasteiger partial charge in [-0.1, -0.05) is 18.2 Å². The molecule has 1 aliphatic rings. The van der Waals surface area contributed by atoms with Crippen LogP contribution in [-0.2, 0) is 33.6 Å². The number of nitrogens with one attached hydrogen (secondary N) is 2. The number of benzene rings is 1. The van der Waals surface area contributed by atoms with E-state index in [9.17, 15) is 27.6 Å². The van der Waals surface area contributed by atoms with Crippen molar-refractivity contribution in [3.63, 3.8) is 0 Å². The van der Waals surface area contributed by atoms with Crippen molar-refractivity contribution >= 4 is 17.9 Å². The molecule has 6 nitrogen and oxygen atoms in total. The number of hydrogen-bond donors (Lipinski definition) is 2.